The molecule has 1 N–H and O–H groups in total. The van der Waals surface area contributed by atoms with Crippen molar-refractivity contribution in [1.29, 1.82) is 0 Å². The normalized spacial score (nSPS) is 11.9. The highest BCUT2D eigenvalue weighted by molar-refractivity contribution is 8.00. The molecule has 5 aromatic carbocycles. The quantitative estimate of drug-likeness (QED) is 0.0338. The molecule has 303 valence electrons. The zero-order valence-electron chi connectivity index (χ0n) is 34.6. The summed E-state index contributed by atoms with van der Waals surface area (Å²) in [6.07, 6.45) is 7.19. The summed E-state index contributed by atoms with van der Waals surface area (Å²) < 4.78 is 5.35. The van der Waals surface area contributed by atoms with Gasteiger partial charge in [-0.05, 0) is 69.8 Å². The average molecular weight is 819 g/mol. The molecule has 0 spiro atoms. The second-order valence-corrected chi connectivity index (χ2v) is 22.9. The molecule has 0 bridgehead atoms. The monoisotopic (exact) mass is 818 g/mol. The van der Waals surface area contributed by atoms with Crippen molar-refractivity contribution in [1.82, 2.24) is 15.2 Å². The van der Waals surface area contributed by atoms with Crippen LogP contribution in [0.15, 0.2) is 164 Å². The van der Waals surface area contributed by atoms with Crippen LogP contribution in [0.4, 0.5) is 0 Å². The van der Waals surface area contributed by atoms with Gasteiger partial charge in [-0.25, -0.2) is 0 Å². The predicted molar refractivity (Wildman–Crippen MR) is 248 cm³/mol. The van der Waals surface area contributed by atoms with E-state index in [-0.39, 0.29) is 29.6 Å². The number of hydrogen-bond acceptors (Lipinski definition) is 6. The van der Waals surface area contributed by atoms with Gasteiger partial charge < -0.3 is 10.1 Å². The van der Waals surface area contributed by atoms with Crippen molar-refractivity contribution in [3.8, 4) is 0 Å². The molecule has 8 heteroatoms. The number of carbonyl (C=O) groups excluding carboxylic acids is 2. The fourth-order valence-corrected chi connectivity index (χ4v) is 9.34. The minimum atomic E-state index is -1.33. The van der Waals surface area contributed by atoms with E-state index in [0.717, 1.165) is 40.6 Å². The molecule has 6 nitrogen and oxygen atoms in total. The van der Waals surface area contributed by atoms with Gasteiger partial charge in [-0.2, -0.15) is 0 Å². The Morgan fingerprint density at radius 2 is 1.32 bits per heavy atom. The Bertz CT molecular complexity index is 2160. The number of allylic oxidation sites excluding steroid dienone is 2. The molecule has 59 heavy (non-hydrogen) atoms. The van der Waals surface area contributed by atoms with Gasteiger partial charge in [-0.15, -0.1) is 11.8 Å². The fraction of sp³-hybridized carbons (Fsp3) is 0.255. The van der Waals surface area contributed by atoms with E-state index in [4.69, 9.17) is 9.72 Å². The smallest absolute Gasteiger partial charge is 0.320 e. The minimum Gasteiger partial charge on any atom is -0.465 e. The van der Waals surface area contributed by atoms with Gasteiger partial charge in [-0.1, -0.05) is 171 Å². The Labute approximate surface area is 356 Å². The lowest BCUT2D eigenvalue weighted by molar-refractivity contribution is -0.144. The van der Waals surface area contributed by atoms with Crippen LogP contribution in [0.25, 0.3) is 10.8 Å². The number of nitrogens with one attached hydrogen (secondary N) is 1. The molecular formula is C51H56N3O3SSi. The molecule has 0 aliphatic rings. The van der Waals surface area contributed by atoms with Gasteiger partial charge in [0.2, 0.25) is 5.91 Å². The van der Waals surface area contributed by atoms with Crippen LogP contribution < -0.4 is 5.32 Å². The lowest BCUT2D eigenvalue weighted by atomic mass is 9.84. The van der Waals surface area contributed by atoms with Gasteiger partial charge >= 0.3 is 5.97 Å². The Morgan fingerprint density at radius 1 is 0.729 bits per heavy atom. The number of fused-ring (bicyclic) bond motifs is 1. The molecule has 6 rings (SSSR count). The first-order valence-electron chi connectivity index (χ1n) is 20.5. The third-order valence-electron chi connectivity index (χ3n) is 10.2. The van der Waals surface area contributed by atoms with E-state index >= 15 is 0 Å². The number of rotatable bonds is 21. The van der Waals surface area contributed by atoms with Crippen molar-refractivity contribution < 1.29 is 14.3 Å². The Hall–Kier alpha value is -5.28. The van der Waals surface area contributed by atoms with Gasteiger partial charge in [0.05, 0.1) is 35.8 Å². The van der Waals surface area contributed by atoms with E-state index in [1.165, 1.54) is 22.1 Å². The summed E-state index contributed by atoms with van der Waals surface area (Å²) in [6.45, 7) is 8.81. The van der Waals surface area contributed by atoms with Crippen LogP contribution in [-0.4, -0.2) is 48.7 Å². The van der Waals surface area contributed by atoms with Crippen LogP contribution in [0.2, 0.25) is 25.7 Å². The standard InChI is InChI=1S/C51H56N3O3SSi/c1-59(2,3)36-34-57-50(56)40-54(38-42-23-19-22-41-21-16-17-32-48(41)42)39-47-31-20-30-46(53-47)37-52-49(55)33-15-4-5-18-35-58-51(43-24-9-6-10-25-43,44-26-11-7-12-27-44)45-28-13-8-14-29-45/h4-17,19-32H,18,33-40H2,1-3H3,(H,52,55)/b5-4+. The number of thioether (sulfide) groups is 1. The lowest BCUT2D eigenvalue weighted by Gasteiger charge is -2.35. The summed E-state index contributed by atoms with van der Waals surface area (Å²) in [4.78, 5) is 32.9. The van der Waals surface area contributed by atoms with E-state index in [1.54, 1.807) is 0 Å². The molecule has 1 radical (unpaired) electrons. The van der Waals surface area contributed by atoms with E-state index in [2.05, 4.69) is 157 Å². The molecule has 0 unspecified atom stereocenters. The van der Waals surface area contributed by atoms with Crippen LogP contribution in [0.1, 0.15) is 46.5 Å². The molecule has 6 aromatic rings. The van der Waals surface area contributed by atoms with Gasteiger partial charge in [-0.3, -0.25) is 19.5 Å². The van der Waals surface area contributed by atoms with Crippen LogP contribution in [-0.2, 0) is 38.7 Å². The molecule has 0 atom stereocenters. The predicted octanol–water partition coefficient (Wildman–Crippen LogP) is 11.0. The first-order chi connectivity index (χ1) is 28.7. The Balaban J connectivity index is 1.01. The molecule has 1 amide bonds. The van der Waals surface area contributed by atoms with Crippen LogP contribution in [0.5, 0.6) is 0 Å². The van der Waals surface area contributed by atoms with Gasteiger partial charge in [0.15, 0.2) is 0 Å². The first-order valence-corrected chi connectivity index (χ1v) is 25.2. The number of pyridine rings is 1. The Kier molecular flexibility index (Phi) is 15.9. The molecule has 1 heterocycles. The highest BCUT2D eigenvalue weighted by Crippen LogP contribution is 2.48. The number of hydrogen-bond donors (Lipinski definition) is 1. The molecule has 0 saturated carbocycles. The molecule has 0 fully saturated rings. The van der Waals surface area contributed by atoms with Crippen molar-refractivity contribution in [3.05, 3.63) is 204 Å². The van der Waals surface area contributed by atoms with Crippen molar-refractivity contribution in [2.75, 3.05) is 18.9 Å². The molecule has 0 aliphatic carbocycles. The largest absolute Gasteiger partial charge is 0.465 e. The molecule has 0 saturated heterocycles. The minimum absolute atomic E-state index is 0.0638. The fourth-order valence-electron chi connectivity index (χ4n) is 7.16. The zero-order chi connectivity index (χ0) is 41.3. The van der Waals surface area contributed by atoms with E-state index < -0.39 is 8.07 Å². The number of amides is 1. The summed E-state index contributed by atoms with van der Waals surface area (Å²) >= 11 is 1.93. The average Bonchev–Trinajstić information content (AvgIpc) is 3.25. The van der Waals surface area contributed by atoms with E-state index in [9.17, 15) is 9.59 Å². The number of nitrogens with zero attached hydrogens (tertiary/aromatic N) is 2. The van der Waals surface area contributed by atoms with Crippen LogP contribution in [0.3, 0.4) is 0 Å². The van der Waals surface area contributed by atoms with Crippen molar-refractivity contribution in [2.45, 2.75) is 62.9 Å². The van der Waals surface area contributed by atoms with Gasteiger partial charge in [0.1, 0.15) is 0 Å². The van der Waals surface area contributed by atoms with Crippen molar-refractivity contribution in [3.63, 3.8) is 0 Å². The van der Waals surface area contributed by atoms with Crippen LogP contribution in [0, 0.1) is 6.42 Å². The van der Waals surface area contributed by atoms with Crippen LogP contribution >= 0.6 is 11.8 Å². The topological polar surface area (TPSA) is 71.5 Å². The number of benzene rings is 5. The van der Waals surface area contributed by atoms with Crippen molar-refractivity contribution >= 4 is 42.5 Å². The highest BCUT2D eigenvalue weighted by atomic mass is 32.2. The third kappa shape index (κ3) is 12.9. The summed E-state index contributed by atoms with van der Waals surface area (Å²) in [6, 6.07) is 53.6. The zero-order valence-corrected chi connectivity index (χ0v) is 36.4. The third-order valence-corrected chi connectivity index (χ3v) is 13.5. The highest BCUT2D eigenvalue weighted by Gasteiger charge is 2.36. The maximum Gasteiger partial charge on any atom is 0.320 e. The summed E-state index contributed by atoms with van der Waals surface area (Å²) in [5, 5.41) is 5.36. The second kappa shape index (κ2) is 21.6. The summed E-state index contributed by atoms with van der Waals surface area (Å²) in [5.74, 6) is 0.609. The van der Waals surface area contributed by atoms with Crippen molar-refractivity contribution in [2.24, 2.45) is 0 Å². The number of ether oxygens (including phenoxy) is 1. The SMILES string of the molecule is C[Si](C)(C)CCOC(=O)CN(Cc1cccc(CNC(=O)C[CH]/C=C/CCSC(c2ccccc2)(c2ccccc2)c2ccccc2)n1)Cc1cccc2ccccc12. The Morgan fingerprint density at radius 3 is 1.98 bits per heavy atom. The van der Waals surface area contributed by atoms with Gasteiger partial charge in [0, 0.05) is 27.6 Å². The summed E-state index contributed by atoms with van der Waals surface area (Å²) in [7, 11) is -1.33. The second-order valence-electron chi connectivity index (χ2n) is 16.0. The number of carbonyl (C=O) groups is 2. The van der Waals surface area contributed by atoms with E-state index in [1.807, 2.05) is 54.6 Å². The lowest BCUT2D eigenvalue weighted by Crippen LogP contribution is -2.32. The number of aromatic nitrogens is 1. The molecule has 1 aromatic heterocycles. The van der Waals surface area contributed by atoms with Gasteiger partial charge in [0.25, 0.3) is 0 Å². The maximum absolute atomic E-state index is 13.1. The maximum atomic E-state index is 13.1. The molecular weight excluding hydrogens is 763 g/mol. The van der Waals surface area contributed by atoms with E-state index in [0.29, 0.717) is 26.2 Å². The summed E-state index contributed by atoms with van der Waals surface area (Å²) in [5.41, 5.74) is 6.49. The first kappa shape index (κ1) is 43.3. The number of esters is 1. The molecule has 0 aliphatic heterocycles.